The topological polar surface area (TPSA) is 70.1 Å². The quantitative estimate of drug-likeness (QED) is 0.760. The molecule has 106 valence electrons. The minimum Gasteiger partial charge on any atom is -0.393 e. The lowest BCUT2D eigenvalue weighted by Crippen LogP contribution is -2.29. The summed E-state index contributed by atoms with van der Waals surface area (Å²) in [7, 11) is 0. The van der Waals surface area contributed by atoms with Gasteiger partial charge in [0, 0.05) is 18.2 Å². The van der Waals surface area contributed by atoms with E-state index in [1.165, 1.54) is 0 Å². The first-order valence-corrected chi connectivity index (χ1v) is 7.26. The van der Waals surface area contributed by atoms with Crippen LogP contribution in [0.1, 0.15) is 45.1 Å². The first-order valence-electron chi connectivity index (χ1n) is 7.26. The van der Waals surface area contributed by atoms with E-state index >= 15 is 0 Å². The Balaban J connectivity index is 2.08. The summed E-state index contributed by atoms with van der Waals surface area (Å²) in [5.41, 5.74) is 1.15. The zero-order valence-electron chi connectivity index (χ0n) is 11.8. The van der Waals surface area contributed by atoms with Crippen molar-refractivity contribution in [1.29, 1.82) is 0 Å². The van der Waals surface area contributed by atoms with Crippen molar-refractivity contribution in [3.05, 3.63) is 11.9 Å². The van der Waals surface area contributed by atoms with Crippen LogP contribution in [0.15, 0.2) is 6.33 Å². The molecule has 1 saturated carbocycles. The molecule has 3 N–H and O–H groups in total. The Hall–Kier alpha value is -1.36. The highest BCUT2D eigenvalue weighted by Crippen LogP contribution is 2.25. The zero-order valence-corrected chi connectivity index (χ0v) is 11.8. The van der Waals surface area contributed by atoms with Gasteiger partial charge in [0.1, 0.15) is 18.0 Å². The highest BCUT2D eigenvalue weighted by atomic mass is 16.3. The van der Waals surface area contributed by atoms with E-state index in [0.29, 0.717) is 6.04 Å². The number of anilines is 2. The van der Waals surface area contributed by atoms with Crippen LogP contribution in [-0.2, 0) is 6.42 Å². The Morgan fingerprint density at radius 2 is 1.84 bits per heavy atom. The summed E-state index contributed by atoms with van der Waals surface area (Å²) in [5.74, 6) is 1.87. The van der Waals surface area contributed by atoms with Gasteiger partial charge in [0.2, 0.25) is 0 Å². The minimum absolute atomic E-state index is 0.119. The van der Waals surface area contributed by atoms with Crippen LogP contribution in [0.4, 0.5) is 11.6 Å². The van der Waals surface area contributed by atoms with E-state index < -0.39 is 0 Å². The fourth-order valence-electron chi connectivity index (χ4n) is 2.60. The Bertz CT molecular complexity index is 402. The number of rotatable bonds is 5. The average Bonchev–Trinajstić information content (AvgIpc) is 2.42. The lowest BCUT2D eigenvalue weighted by atomic mass is 9.93. The molecule has 0 saturated heterocycles. The number of nitrogens with zero attached hydrogens (tertiary/aromatic N) is 2. The van der Waals surface area contributed by atoms with Gasteiger partial charge in [-0.05, 0) is 39.0 Å². The fraction of sp³-hybridized carbons (Fsp3) is 0.714. The van der Waals surface area contributed by atoms with Crippen molar-refractivity contribution in [3.63, 3.8) is 0 Å². The first kappa shape index (κ1) is 14.1. The second-order valence-corrected chi connectivity index (χ2v) is 5.08. The molecular weight excluding hydrogens is 240 g/mol. The average molecular weight is 264 g/mol. The van der Waals surface area contributed by atoms with Crippen molar-refractivity contribution >= 4 is 11.6 Å². The van der Waals surface area contributed by atoms with Gasteiger partial charge in [0.25, 0.3) is 0 Å². The van der Waals surface area contributed by atoms with E-state index in [9.17, 15) is 5.11 Å². The second kappa shape index (κ2) is 6.70. The Kier molecular flexibility index (Phi) is 4.96. The largest absolute Gasteiger partial charge is 0.393 e. The van der Waals surface area contributed by atoms with Gasteiger partial charge >= 0.3 is 0 Å². The van der Waals surface area contributed by atoms with E-state index in [1.54, 1.807) is 6.33 Å². The fourth-order valence-corrected chi connectivity index (χ4v) is 2.60. The van der Waals surface area contributed by atoms with Crippen LogP contribution >= 0.6 is 0 Å². The van der Waals surface area contributed by atoms with Gasteiger partial charge in [-0.2, -0.15) is 0 Å². The second-order valence-electron chi connectivity index (χ2n) is 5.08. The third-order valence-corrected chi connectivity index (χ3v) is 3.68. The summed E-state index contributed by atoms with van der Waals surface area (Å²) in [4.78, 5) is 8.68. The first-order chi connectivity index (χ1) is 9.24. The predicted octanol–water partition coefficient (Wildman–Crippen LogP) is 2.19. The third-order valence-electron chi connectivity index (χ3n) is 3.68. The highest BCUT2D eigenvalue weighted by molar-refractivity contribution is 5.57. The molecule has 0 unspecified atom stereocenters. The summed E-state index contributed by atoms with van der Waals surface area (Å²) in [6.07, 6.45) is 6.16. The summed E-state index contributed by atoms with van der Waals surface area (Å²) in [5, 5.41) is 16.3. The van der Waals surface area contributed by atoms with Gasteiger partial charge in [0.05, 0.1) is 6.10 Å². The molecular formula is C14H24N4O. The molecule has 1 aliphatic carbocycles. The molecule has 1 aromatic heterocycles. The van der Waals surface area contributed by atoms with E-state index in [-0.39, 0.29) is 6.10 Å². The standard InChI is InChI=1S/C14H24N4O/c1-3-12-13(15-4-2)16-9-17-14(12)18-10-5-7-11(19)8-6-10/h9-11,19H,3-8H2,1-2H3,(H2,15,16,17,18). The van der Waals surface area contributed by atoms with Crippen LogP contribution in [-0.4, -0.2) is 33.8 Å². The number of aromatic nitrogens is 2. The molecule has 2 rings (SSSR count). The van der Waals surface area contributed by atoms with E-state index in [2.05, 4.69) is 34.4 Å². The molecule has 1 fully saturated rings. The molecule has 19 heavy (non-hydrogen) atoms. The van der Waals surface area contributed by atoms with Crippen LogP contribution < -0.4 is 10.6 Å². The zero-order chi connectivity index (χ0) is 13.7. The lowest BCUT2D eigenvalue weighted by molar-refractivity contribution is 0.126. The Morgan fingerprint density at radius 3 is 2.47 bits per heavy atom. The molecule has 0 radical (unpaired) electrons. The molecule has 5 heteroatoms. The normalized spacial score (nSPS) is 23.1. The smallest absolute Gasteiger partial charge is 0.134 e. The monoisotopic (exact) mass is 264 g/mol. The molecule has 1 aromatic rings. The van der Waals surface area contributed by atoms with Gasteiger partial charge in [-0.15, -0.1) is 0 Å². The predicted molar refractivity (Wildman–Crippen MR) is 77.5 cm³/mol. The SMILES string of the molecule is CCNc1ncnc(NC2CCC(O)CC2)c1CC. The van der Waals surface area contributed by atoms with Crippen molar-refractivity contribution in [2.24, 2.45) is 0 Å². The van der Waals surface area contributed by atoms with Crippen LogP contribution in [0.3, 0.4) is 0 Å². The maximum Gasteiger partial charge on any atom is 0.134 e. The molecule has 5 nitrogen and oxygen atoms in total. The number of nitrogens with one attached hydrogen (secondary N) is 2. The number of aliphatic hydroxyl groups is 1. The summed E-state index contributed by atoms with van der Waals surface area (Å²) < 4.78 is 0. The Morgan fingerprint density at radius 1 is 1.16 bits per heavy atom. The molecule has 1 aliphatic rings. The van der Waals surface area contributed by atoms with Crippen molar-refractivity contribution in [2.75, 3.05) is 17.2 Å². The maximum absolute atomic E-state index is 9.54. The van der Waals surface area contributed by atoms with Gasteiger partial charge < -0.3 is 15.7 Å². The van der Waals surface area contributed by atoms with Crippen molar-refractivity contribution in [3.8, 4) is 0 Å². The van der Waals surface area contributed by atoms with Gasteiger partial charge in [-0.3, -0.25) is 0 Å². The minimum atomic E-state index is -0.119. The molecule has 0 atom stereocenters. The number of hydrogen-bond donors (Lipinski definition) is 3. The van der Waals surface area contributed by atoms with Crippen molar-refractivity contribution in [1.82, 2.24) is 9.97 Å². The lowest BCUT2D eigenvalue weighted by Gasteiger charge is -2.27. The van der Waals surface area contributed by atoms with Crippen molar-refractivity contribution in [2.45, 2.75) is 58.1 Å². The molecule has 0 amide bonds. The summed E-state index contributed by atoms with van der Waals surface area (Å²) in [6.45, 7) is 5.05. The maximum atomic E-state index is 9.54. The summed E-state index contributed by atoms with van der Waals surface area (Å²) >= 11 is 0. The van der Waals surface area contributed by atoms with E-state index in [4.69, 9.17) is 0 Å². The number of aliphatic hydroxyl groups excluding tert-OH is 1. The van der Waals surface area contributed by atoms with Crippen LogP contribution in [0.5, 0.6) is 0 Å². The molecule has 0 aromatic carbocycles. The van der Waals surface area contributed by atoms with Gasteiger partial charge in [0.15, 0.2) is 0 Å². The molecule has 0 bridgehead atoms. The van der Waals surface area contributed by atoms with Crippen LogP contribution in [0.2, 0.25) is 0 Å². The van der Waals surface area contributed by atoms with Crippen molar-refractivity contribution < 1.29 is 5.11 Å². The van der Waals surface area contributed by atoms with E-state index in [1.807, 2.05) is 0 Å². The number of hydrogen-bond acceptors (Lipinski definition) is 5. The van der Waals surface area contributed by atoms with E-state index in [0.717, 1.165) is 55.8 Å². The van der Waals surface area contributed by atoms with Gasteiger partial charge in [-0.1, -0.05) is 6.92 Å². The highest BCUT2D eigenvalue weighted by Gasteiger charge is 2.20. The molecule has 0 aliphatic heterocycles. The Labute approximate surface area is 114 Å². The van der Waals surface area contributed by atoms with Gasteiger partial charge in [-0.25, -0.2) is 9.97 Å². The molecule has 0 spiro atoms. The van der Waals surface area contributed by atoms with Crippen LogP contribution in [0.25, 0.3) is 0 Å². The van der Waals surface area contributed by atoms with Crippen LogP contribution in [0, 0.1) is 0 Å². The summed E-state index contributed by atoms with van der Waals surface area (Å²) in [6, 6.07) is 0.415. The third kappa shape index (κ3) is 3.56. The molecule has 1 heterocycles.